The van der Waals surface area contributed by atoms with Gasteiger partial charge in [0.05, 0.1) is 17.4 Å². The van der Waals surface area contributed by atoms with Gasteiger partial charge in [-0.3, -0.25) is 19.7 Å². The number of nitrogens with zero attached hydrogens (tertiary/aromatic N) is 1. The number of carbonyl (C=O) groups is 2. The Labute approximate surface area is 107 Å². The van der Waals surface area contributed by atoms with Crippen LogP contribution in [0.3, 0.4) is 0 Å². The number of hydrogen-bond acceptors (Lipinski definition) is 6. The van der Waals surface area contributed by atoms with Crippen LogP contribution in [-0.2, 0) is 9.59 Å². The molecule has 1 N–H and O–H groups in total. The summed E-state index contributed by atoms with van der Waals surface area (Å²) in [6.07, 6.45) is -0.342. The molecule has 19 heavy (non-hydrogen) atoms. The molecule has 0 saturated heterocycles. The number of rotatable bonds is 4. The van der Waals surface area contributed by atoms with Crippen molar-refractivity contribution in [1.82, 2.24) is 0 Å². The highest BCUT2D eigenvalue weighted by atomic mass is 16.7. The fraction of sp³-hybridized carbons (Fsp3) is 0.273. The summed E-state index contributed by atoms with van der Waals surface area (Å²) in [6, 6.07) is 2.48. The molecule has 0 saturated carbocycles. The van der Waals surface area contributed by atoms with Crippen molar-refractivity contribution in [2.75, 3.05) is 12.1 Å². The maximum Gasteiger partial charge on any atom is 0.296 e. The number of benzene rings is 1. The number of Topliss-reactive ketones (excluding diaryl/α,β-unsaturated/α-hetero) is 1. The van der Waals surface area contributed by atoms with E-state index in [0.29, 0.717) is 5.75 Å². The molecule has 8 heteroatoms. The molecule has 0 aliphatic carbocycles. The molecule has 1 aliphatic heterocycles. The number of ether oxygens (including phenoxy) is 2. The van der Waals surface area contributed by atoms with Gasteiger partial charge in [0.15, 0.2) is 11.5 Å². The second kappa shape index (κ2) is 4.92. The lowest BCUT2D eigenvalue weighted by molar-refractivity contribution is -0.384. The molecule has 0 radical (unpaired) electrons. The molecule has 0 atom stereocenters. The number of anilines is 1. The number of nitro groups is 1. The van der Waals surface area contributed by atoms with Crippen molar-refractivity contribution in [3.05, 3.63) is 22.2 Å². The summed E-state index contributed by atoms with van der Waals surface area (Å²) in [5.74, 6) is -0.393. The third-order valence-corrected chi connectivity index (χ3v) is 2.37. The lowest BCUT2D eigenvalue weighted by atomic mass is 10.2. The van der Waals surface area contributed by atoms with Gasteiger partial charge in [-0.2, -0.15) is 0 Å². The molecule has 1 aromatic carbocycles. The van der Waals surface area contributed by atoms with Gasteiger partial charge in [-0.15, -0.1) is 0 Å². The van der Waals surface area contributed by atoms with E-state index < -0.39 is 10.8 Å². The maximum absolute atomic E-state index is 11.5. The maximum atomic E-state index is 11.5. The highest BCUT2D eigenvalue weighted by Gasteiger charge is 2.24. The summed E-state index contributed by atoms with van der Waals surface area (Å²) in [5, 5.41) is 13.2. The number of hydrogen-bond donors (Lipinski definition) is 1. The Bertz CT molecular complexity index is 569. The lowest BCUT2D eigenvalue weighted by Crippen LogP contribution is -2.15. The van der Waals surface area contributed by atoms with Gasteiger partial charge >= 0.3 is 0 Å². The second-order valence-electron chi connectivity index (χ2n) is 3.91. The van der Waals surface area contributed by atoms with E-state index in [1.54, 1.807) is 0 Å². The van der Waals surface area contributed by atoms with Crippen molar-refractivity contribution in [3.8, 4) is 11.5 Å². The molecule has 1 amide bonds. The third-order valence-electron chi connectivity index (χ3n) is 2.37. The van der Waals surface area contributed by atoms with Crippen molar-refractivity contribution in [1.29, 1.82) is 0 Å². The zero-order chi connectivity index (χ0) is 14.0. The van der Waals surface area contributed by atoms with E-state index in [0.717, 1.165) is 0 Å². The van der Waals surface area contributed by atoms with Gasteiger partial charge in [0, 0.05) is 6.07 Å². The topological polar surface area (TPSA) is 108 Å². The van der Waals surface area contributed by atoms with Crippen LogP contribution in [0.1, 0.15) is 13.3 Å². The van der Waals surface area contributed by atoms with E-state index in [4.69, 9.17) is 9.47 Å². The highest BCUT2D eigenvalue weighted by molar-refractivity contribution is 6.04. The number of carbonyl (C=O) groups excluding carboxylic acids is 2. The molecule has 0 fully saturated rings. The Morgan fingerprint density at radius 1 is 1.37 bits per heavy atom. The van der Waals surface area contributed by atoms with E-state index >= 15 is 0 Å². The van der Waals surface area contributed by atoms with Crippen molar-refractivity contribution >= 4 is 23.1 Å². The first-order valence-electron chi connectivity index (χ1n) is 5.34. The van der Waals surface area contributed by atoms with Gasteiger partial charge in [0.1, 0.15) is 11.5 Å². The summed E-state index contributed by atoms with van der Waals surface area (Å²) in [4.78, 5) is 32.6. The van der Waals surface area contributed by atoms with Crippen LogP contribution < -0.4 is 14.8 Å². The SMILES string of the molecule is CC(=O)CC(=O)Nc1cc2c(cc1[N+](=O)[O-])OCO2. The highest BCUT2D eigenvalue weighted by Crippen LogP contribution is 2.40. The number of nitro benzene ring substituents is 1. The van der Waals surface area contributed by atoms with Gasteiger partial charge in [-0.05, 0) is 6.92 Å². The van der Waals surface area contributed by atoms with Gasteiger partial charge in [-0.1, -0.05) is 0 Å². The summed E-state index contributed by atoms with van der Waals surface area (Å²) in [6.45, 7) is 1.23. The zero-order valence-corrected chi connectivity index (χ0v) is 9.97. The van der Waals surface area contributed by atoms with E-state index in [-0.39, 0.29) is 36.1 Å². The first kappa shape index (κ1) is 12.8. The monoisotopic (exact) mass is 266 g/mol. The van der Waals surface area contributed by atoms with E-state index in [1.165, 1.54) is 19.1 Å². The van der Waals surface area contributed by atoms with Crippen molar-refractivity contribution in [3.63, 3.8) is 0 Å². The first-order valence-corrected chi connectivity index (χ1v) is 5.34. The number of ketones is 1. The number of fused-ring (bicyclic) bond motifs is 1. The standard InChI is InChI=1S/C11H10N2O6/c1-6(14)2-11(15)12-7-3-9-10(19-5-18-9)4-8(7)13(16)17/h3-4H,2,5H2,1H3,(H,12,15). The summed E-state index contributed by atoms with van der Waals surface area (Å²) >= 11 is 0. The molecular formula is C11H10N2O6. The quantitative estimate of drug-likeness (QED) is 0.499. The van der Waals surface area contributed by atoms with Crippen LogP contribution in [0.5, 0.6) is 11.5 Å². The smallest absolute Gasteiger partial charge is 0.296 e. The summed E-state index contributed by atoms with van der Waals surface area (Å²) in [5.41, 5.74) is -0.346. The number of amides is 1. The van der Waals surface area contributed by atoms with E-state index in [2.05, 4.69) is 5.32 Å². The fourth-order valence-electron chi connectivity index (χ4n) is 1.60. The van der Waals surface area contributed by atoms with E-state index in [9.17, 15) is 19.7 Å². The molecule has 1 aromatic rings. The molecule has 8 nitrogen and oxygen atoms in total. The van der Waals surface area contributed by atoms with Crippen molar-refractivity contribution < 1.29 is 24.0 Å². The van der Waals surface area contributed by atoms with Gasteiger partial charge in [0.25, 0.3) is 5.69 Å². The molecule has 2 rings (SSSR count). The fourth-order valence-corrected chi connectivity index (χ4v) is 1.60. The molecular weight excluding hydrogens is 256 g/mol. The average molecular weight is 266 g/mol. The Morgan fingerprint density at radius 3 is 2.58 bits per heavy atom. The van der Waals surface area contributed by atoms with Crippen LogP contribution >= 0.6 is 0 Å². The Morgan fingerprint density at radius 2 is 2.00 bits per heavy atom. The van der Waals surface area contributed by atoms with Crippen molar-refractivity contribution in [2.45, 2.75) is 13.3 Å². The lowest BCUT2D eigenvalue weighted by Gasteiger charge is -2.06. The summed E-state index contributed by atoms with van der Waals surface area (Å²) < 4.78 is 10.1. The Kier molecular flexibility index (Phi) is 3.32. The van der Waals surface area contributed by atoms with Crippen LogP contribution in [0.15, 0.2) is 12.1 Å². The predicted octanol–water partition coefficient (Wildman–Crippen LogP) is 1.24. The second-order valence-corrected chi connectivity index (χ2v) is 3.91. The van der Waals surface area contributed by atoms with Gasteiger partial charge in [-0.25, -0.2) is 0 Å². The van der Waals surface area contributed by atoms with Crippen LogP contribution in [-0.4, -0.2) is 23.4 Å². The molecule has 0 spiro atoms. The molecule has 1 aliphatic rings. The Hall–Kier alpha value is -2.64. The minimum Gasteiger partial charge on any atom is -0.454 e. The normalized spacial score (nSPS) is 12.1. The van der Waals surface area contributed by atoms with Crippen LogP contribution in [0.25, 0.3) is 0 Å². The van der Waals surface area contributed by atoms with Crippen molar-refractivity contribution in [2.24, 2.45) is 0 Å². The van der Waals surface area contributed by atoms with Crippen LogP contribution in [0, 0.1) is 10.1 Å². The van der Waals surface area contributed by atoms with Gasteiger partial charge in [0.2, 0.25) is 12.7 Å². The van der Waals surface area contributed by atoms with Crippen LogP contribution in [0.4, 0.5) is 11.4 Å². The zero-order valence-electron chi connectivity index (χ0n) is 9.97. The Balaban J connectivity index is 2.30. The average Bonchev–Trinajstić information content (AvgIpc) is 2.73. The molecule has 0 unspecified atom stereocenters. The molecule has 1 heterocycles. The minimum absolute atomic E-state index is 0.0273. The first-order chi connectivity index (χ1) is 8.97. The van der Waals surface area contributed by atoms with Gasteiger partial charge < -0.3 is 14.8 Å². The minimum atomic E-state index is -0.647. The molecule has 0 aromatic heterocycles. The van der Waals surface area contributed by atoms with E-state index in [1.807, 2.05) is 0 Å². The summed E-state index contributed by atoms with van der Waals surface area (Å²) in [7, 11) is 0. The van der Waals surface area contributed by atoms with Crippen LogP contribution in [0.2, 0.25) is 0 Å². The third kappa shape index (κ3) is 2.79. The molecule has 100 valence electrons. The molecule has 0 bridgehead atoms. The number of nitrogens with one attached hydrogen (secondary N) is 1. The predicted molar refractivity (Wildman–Crippen MR) is 63.1 cm³/mol. The largest absolute Gasteiger partial charge is 0.454 e.